The second-order valence-electron chi connectivity index (χ2n) is 4.77. The third kappa shape index (κ3) is 3.86. The molecule has 0 amide bonds. The molecule has 2 atom stereocenters. The molecule has 2 unspecified atom stereocenters. The van der Waals surface area contributed by atoms with Crippen molar-refractivity contribution in [2.24, 2.45) is 0 Å². The summed E-state index contributed by atoms with van der Waals surface area (Å²) in [5, 5.41) is 4.82. The molecule has 0 aromatic heterocycles. The maximum absolute atomic E-state index is 3.90. The predicted molar refractivity (Wildman–Crippen MR) is 73.0 cm³/mol. The fraction of sp³-hybridized carbons (Fsp3) is 1.00. The van der Waals surface area contributed by atoms with Crippen LogP contribution in [0.1, 0.15) is 38.5 Å². The van der Waals surface area contributed by atoms with Crippen molar-refractivity contribution in [1.82, 2.24) is 5.32 Å². The molecule has 0 bridgehead atoms. The Morgan fingerprint density at radius 3 is 2.60 bits per heavy atom. The SMILES string of the molecule is CSC1CCCC(NC2CCSCC2)C1. The molecule has 0 aromatic rings. The molecule has 0 aromatic carbocycles. The highest BCUT2D eigenvalue weighted by atomic mass is 32.2. The molecule has 1 nitrogen and oxygen atoms in total. The van der Waals surface area contributed by atoms with Gasteiger partial charge in [0, 0.05) is 17.3 Å². The zero-order chi connectivity index (χ0) is 10.5. The van der Waals surface area contributed by atoms with Crippen LogP contribution in [0.15, 0.2) is 0 Å². The summed E-state index contributed by atoms with van der Waals surface area (Å²) < 4.78 is 0. The Balaban J connectivity index is 1.72. The zero-order valence-electron chi connectivity index (χ0n) is 9.71. The summed E-state index contributed by atoms with van der Waals surface area (Å²) in [7, 11) is 0. The van der Waals surface area contributed by atoms with Crippen LogP contribution < -0.4 is 5.32 Å². The number of hydrogen-bond acceptors (Lipinski definition) is 3. The first kappa shape index (κ1) is 12.1. The van der Waals surface area contributed by atoms with Crippen LogP contribution >= 0.6 is 23.5 Å². The standard InChI is InChI=1S/C12H23NS2/c1-14-12-4-2-3-11(9-12)13-10-5-7-15-8-6-10/h10-13H,2-9H2,1H3. The number of thioether (sulfide) groups is 2. The Morgan fingerprint density at radius 1 is 1.07 bits per heavy atom. The summed E-state index contributed by atoms with van der Waals surface area (Å²) >= 11 is 4.19. The summed E-state index contributed by atoms with van der Waals surface area (Å²) in [5.74, 6) is 2.74. The van der Waals surface area contributed by atoms with Crippen LogP contribution in [-0.4, -0.2) is 35.1 Å². The highest BCUT2D eigenvalue weighted by molar-refractivity contribution is 7.99. The first-order chi connectivity index (χ1) is 7.38. The highest BCUT2D eigenvalue weighted by Gasteiger charge is 2.24. The van der Waals surface area contributed by atoms with E-state index < -0.39 is 0 Å². The molecule has 0 spiro atoms. The van der Waals surface area contributed by atoms with E-state index in [1.807, 2.05) is 0 Å². The second kappa shape index (κ2) is 6.41. The Labute approximate surface area is 103 Å². The maximum Gasteiger partial charge on any atom is 0.00853 e. The van der Waals surface area contributed by atoms with Gasteiger partial charge in [-0.15, -0.1) is 0 Å². The van der Waals surface area contributed by atoms with Gasteiger partial charge in [0.1, 0.15) is 0 Å². The van der Waals surface area contributed by atoms with Crippen molar-refractivity contribution in [2.75, 3.05) is 17.8 Å². The lowest BCUT2D eigenvalue weighted by molar-refractivity contribution is 0.331. The van der Waals surface area contributed by atoms with E-state index in [1.165, 1.54) is 50.0 Å². The molecule has 2 fully saturated rings. The Kier molecular flexibility index (Phi) is 5.18. The van der Waals surface area contributed by atoms with E-state index in [9.17, 15) is 0 Å². The Hall–Kier alpha value is 0.660. The van der Waals surface area contributed by atoms with Crippen molar-refractivity contribution in [3.8, 4) is 0 Å². The minimum atomic E-state index is 0.823. The normalized spacial score (nSPS) is 34.2. The van der Waals surface area contributed by atoms with Crippen molar-refractivity contribution in [3.63, 3.8) is 0 Å². The fourth-order valence-corrected chi connectivity index (χ4v) is 4.64. The summed E-state index contributed by atoms with van der Waals surface area (Å²) in [6.07, 6.45) is 10.8. The minimum Gasteiger partial charge on any atom is -0.311 e. The molecule has 1 N–H and O–H groups in total. The molecular weight excluding hydrogens is 222 g/mol. The minimum absolute atomic E-state index is 0.823. The molecule has 1 aliphatic heterocycles. The average Bonchev–Trinajstić information content (AvgIpc) is 2.31. The van der Waals surface area contributed by atoms with Crippen molar-refractivity contribution in [1.29, 1.82) is 0 Å². The molecule has 1 heterocycles. The lowest BCUT2D eigenvalue weighted by Crippen LogP contribution is -2.43. The third-order valence-corrected chi connectivity index (χ3v) is 5.80. The van der Waals surface area contributed by atoms with Crippen LogP contribution in [0.2, 0.25) is 0 Å². The smallest absolute Gasteiger partial charge is 0.00853 e. The van der Waals surface area contributed by atoms with Gasteiger partial charge in [-0.05, 0) is 49.9 Å². The average molecular weight is 245 g/mol. The van der Waals surface area contributed by atoms with Gasteiger partial charge in [0.05, 0.1) is 0 Å². The molecule has 15 heavy (non-hydrogen) atoms. The molecule has 3 heteroatoms. The molecule has 2 rings (SSSR count). The van der Waals surface area contributed by atoms with Crippen LogP contribution in [0.3, 0.4) is 0 Å². The molecule has 1 aliphatic carbocycles. The van der Waals surface area contributed by atoms with Gasteiger partial charge in [0.2, 0.25) is 0 Å². The van der Waals surface area contributed by atoms with Gasteiger partial charge in [-0.25, -0.2) is 0 Å². The monoisotopic (exact) mass is 245 g/mol. The van der Waals surface area contributed by atoms with Gasteiger partial charge in [-0.3, -0.25) is 0 Å². The lowest BCUT2D eigenvalue weighted by atomic mass is 9.94. The van der Waals surface area contributed by atoms with E-state index in [0.717, 1.165) is 17.3 Å². The lowest BCUT2D eigenvalue weighted by Gasteiger charge is -2.33. The van der Waals surface area contributed by atoms with Crippen LogP contribution in [0, 0.1) is 0 Å². The largest absolute Gasteiger partial charge is 0.311 e. The summed E-state index contributed by atoms with van der Waals surface area (Å²) in [6, 6.07) is 1.65. The quantitative estimate of drug-likeness (QED) is 0.820. The van der Waals surface area contributed by atoms with E-state index in [4.69, 9.17) is 0 Å². The Morgan fingerprint density at radius 2 is 1.87 bits per heavy atom. The van der Waals surface area contributed by atoms with Crippen molar-refractivity contribution in [2.45, 2.75) is 55.9 Å². The molecular formula is C12H23NS2. The van der Waals surface area contributed by atoms with Gasteiger partial charge < -0.3 is 5.32 Å². The molecule has 0 radical (unpaired) electrons. The van der Waals surface area contributed by atoms with E-state index in [-0.39, 0.29) is 0 Å². The molecule has 2 aliphatic rings. The molecule has 1 saturated heterocycles. The molecule has 1 saturated carbocycles. The van der Waals surface area contributed by atoms with Gasteiger partial charge in [0.15, 0.2) is 0 Å². The van der Waals surface area contributed by atoms with Crippen molar-refractivity contribution < 1.29 is 0 Å². The van der Waals surface area contributed by atoms with E-state index >= 15 is 0 Å². The zero-order valence-corrected chi connectivity index (χ0v) is 11.3. The predicted octanol–water partition coefficient (Wildman–Crippen LogP) is 3.15. The highest BCUT2D eigenvalue weighted by Crippen LogP contribution is 2.28. The van der Waals surface area contributed by atoms with Crippen LogP contribution in [0.5, 0.6) is 0 Å². The number of hydrogen-bond donors (Lipinski definition) is 1. The van der Waals surface area contributed by atoms with Gasteiger partial charge in [-0.2, -0.15) is 23.5 Å². The number of rotatable bonds is 3. The van der Waals surface area contributed by atoms with E-state index in [1.54, 1.807) is 0 Å². The van der Waals surface area contributed by atoms with Gasteiger partial charge in [0.25, 0.3) is 0 Å². The maximum atomic E-state index is 3.90. The van der Waals surface area contributed by atoms with Crippen LogP contribution in [-0.2, 0) is 0 Å². The van der Waals surface area contributed by atoms with Crippen molar-refractivity contribution >= 4 is 23.5 Å². The first-order valence-corrected chi connectivity index (χ1v) is 8.69. The molecule has 88 valence electrons. The fourth-order valence-electron chi connectivity index (χ4n) is 2.71. The summed E-state index contributed by atoms with van der Waals surface area (Å²) in [6.45, 7) is 0. The second-order valence-corrected chi connectivity index (χ2v) is 7.14. The van der Waals surface area contributed by atoms with E-state index in [2.05, 4.69) is 35.1 Å². The first-order valence-electron chi connectivity index (χ1n) is 6.25. The van der Waals surface area contributed by atoms with Gasteiger partial charge >= 0.3 is 0 Å². The van der Waals surface area contributed by atoms with Crippen LogP contribution in [0.25, 0.3) is 0 Å². The van der Waals surface area contributed by atoms with E-state index in [0.29, 0.717) is 0 Å². The van der Waals surface area contributed by atoms with Crippen molar-refractivity contribution in [3.05, 3.63) is 0 Å². The summed E-state index contributed by atoms with van der Waals surface area (Å²) in [4.78, 5) is 0. The third-order valence-electron chi connectivity index (χ3n) is 3.65. The number of nitrogens with one attached hydrogen (secondary N) is 1. The van der Waals surface area contributed by atoms with Crippen LogP contribution in [0.4, 0.5) is 0 Å². The topological polar surface area (TPSA) is 12.0 Å². The summed E-state index contributed by atoms with van der Waals surface area (Å²) in [5.41, 5.74) is 0. The Bertz CT molecular complexity index is 180. The van der Waals surface area contributed by atoms with Gasteiger partial charge in [-0.1, -0.05) is 6.42 Å².